The molecule has 0 spiro atoms. The molecule has 1 fully saturated rings. The van der Waals surface area contributed by atoms with Gasteiger partial charge in [0.2, 0.25) is 5.13 Å². The molecule has 10 heteroatoms. The summed E-state index contributed by atoms with van der Waals surface area (Å²) in [6, 6.07) is 17.5. The van der Waals surface area contributed by atoms with Gasteiger partial charge in [0.15, 0.2) is 4.34 Å². The van der Waals surface area contributed by atoms with Crippen LogP contribution in [0.2, 0.25) is 5.02 Å². The quantitative estimate of drug-likeness (QED) is 0.0903. The average molecular weight is 566 g/mol. The number of carbonyl (C=O) groups is 2. The van der Waals surface area contributed by atoms with Gasteiger partial charge in [-0.15, -0.1) is 10.2 Å². The molecule has 192 valence electrons. The lowest BCUT2D eigenvalue weighted by Crippen LogP contribution is -2.29. The molecule has 0 aliphatic carbocycles. The second-order valence-electron chi connectivity index (χ2n) is 8.74. The van der Waals surface area contributed by atoms with Crippen LogP contribution in [0.25, 0.3) is 5.76 Å². The molecule has 1 amide bonds. The van der Waals surface area contributed by atoms with Crippen LogP contribution < -0.4 is 4.90 Å². The Morgan fingerprint density at radius 1 is 1.08 bits per heavy atom. The van der Waals surface area contributed by atoms with Gasteiger partial charge in [-0.25, -0.2) is 4.39 Å². The van der Waals surface area contributed by atoms with E-state index in [9.17, 15) is 14.7 Å². The summed E-state index contributed by atoms with van der Waals surface area (Å²) < 4.78 is 15.7. The van der Waals surface area contributed by atoms with Gasteiger partial charge in [0.1, 0.15) is 17.6 Å². The van der Waals surface area contributed by atoms with E-state index in [4.69, 9.17) is 11.6 Å². The number of Topliss-reactive ketones (excluding diaryl/α,β-unsaturated/α-hetero) is 1. The first-order valence-corrected chi connectivity index (χ1v) is 13.8. The minimum Gasteiger partial charge on any atom is -0.507 e. The summed E-state index contributed by atoms with van der Waals surface area (Å²) in [6.07, 6.45) is 0. The summed E-state index contributed by atoms with van der Waals surface area (Å²) in [6.45, 7) is 3.64. The fourth-order valence-corrected chi connectivity index (χ4v) is 6.42. The summed E-state index contributed by atoms with van der Waals surface area (Å²) in [5.41, 5.74) is 2.75. The van der Waals surface area contributed by atoms with Crippen LogP contribution in [0.15, 0.2) is 76.6 Å². The van der Waals surface area contributed by atoms with Gasteiger partial charge in [-0.05, 0) is 43.2 Å². The van der Waals surface area contributed by atoms with E-state index in [-0.39, 0.29) is 22.0 Å². The molecular formula is C28H21ClFN3O3S2. The van der Waals surface area contributed by atoms with Crippen LogP contribution in [0.1, 0.15) is 33.9 Å². The van der Waals surface area contributed by atoms with Gasteiger partial charge in [-0.2, -0.15) is 0 Å². The number of rotatable bonds is 6. The Morgan fingerprint density at radius 3 is 2.58 bits per heavy atom. The molecule has 0 radical (unpaired) electrons. The normalized spacial score (nSPS) is 16.8. The number of carbonyl (C=O) groups excluding carboxylic acids is 2. The van der Waals surface area contributed by atoms with Crippen molar-refractivity contribution in [1.82, 2.24) is 10.2 Å². The highest BCUT2D eigenvalue weighted by Gasteiger charge is 2.49. The molecule has 1 aliphatic heterocycles. The van der Waals surface area contributed by atoms with Crippen LogP contribution in [-0.2, 0) is 15.3 Å². The maximum Gasteiger partial charge on any atom is 0.301 e. The Hall–Kier alpha value is -3.53. The summed E-state index contributed by atoms with van der Waals surface area (Å²) in [5.74, 6) is -2.29. The number of hydrogen-bond acceptors (Lipinski definition) is 7. The van der Waals surface area contributed by atoms with E-state index in [2.05, 4.69) is 10.2 Å². The highest BCUT2D eigenvalue weighted by atomic mass is 35.5. The SMILES string of the molecule is Cc1ccc(C)c(C(O)=C2C(=O)C(=O)N(c3nnc(SCc4ccccc4Cl)s3)C2c2ccccc2F)c1. The summed E-state index contributed by atoms with van der Waals surface area (Å²) >= 11 is 8.74. The Morgan fingerprint density at radius 2 is 1.82 bits per heavy atom. The first kappa shape index (κ1) is 26.1. The molecule has 1 unspecified atom stereocenters. The van der Waals surface area contributed by atoms with Crippen molar-refractivity contribution in [3.63, 3.8) is 0 Å². The fraction of sp³-hybridized carbons (Fsp3) is 0.143. The monoisotopic (exact) mass is 565 g/mol. The van der Waals surface area contributed by atoms with Crippen LogP contribution in [-0.4, -0.2) is 27.0 Å². The highest BCUT2D eigenvalue weighted by Crippen LogP contribution is 2.45. The van der Waals surface area contributed by atoms with Crippen molar-refractivity contribution in [3.8, 4) is 0 Å². The first-order valence-electron chi connectivity index (χ1n) is 11.6. The average Bonchev–Trinajstić information content (AvgIpc) is 3.47. The van der Waals surface area contributed by atoms with Crippen molar-refractivity contribution in [1.29, 1.82) is 0 Å². The fourth-order valence-electron chi connectivity index (χ4n) is 4.27. The zero-order chi connectivity index (χ0) is 27.0. The van der Waals surface area contributed by atoms with Crippen molar-refractivity contribution in [3.05, 3.63) is 111 Å². The zero-order valence-corrected chi connectivity index (χ0v) is 22.7. The summed E-state index contributed by atoms with van der Waals surface area (Å²) in [7, 11) is 0. The molecule has 38 heavy (non-hydrogen) atoms. The molecule has 1 aliphatic rings. The van der Waals surface area contributed by atoms with Gasteiger partial charge >= 0.3 is 5.91 Å². The molecule has 5 rings (SSSR count). The maximum atomic E-state index is 15.1. The molecule has 1 aromatic heterocycles. The van der Waals surface area contributed by atoms with E-state index in [1.807, 2.05) is 37.3 Å². The maximum absolute atomic E-state index is 15.1. The zero-order valence-electron chi connectivity index (χ0n) is 20.3. The molecule has 0 saturated carbocycles. The van der Waals surface area contributed by atoms with E-state index in [1.165, 1.54) is 30.0 Å². The van der Waals surface area contributed by atoms with Crippen LogP contribution >= 0.6 is 34.7 Å². The number of anilines is 1. The second-order valence-corrected chi connectivity index (χ2v) is 11.3. The first-order chi connectivity index (χ1) is 18.3. The van der Waals surface area contributed by atoms with Crippen molar-refractivity contribution < 1.29 is 19.1 Å². The van der Waals surface area contributed by atoms with Crippen LogP contribution in [0, 0.1) is 19.7 Å². The third-order valence-corrected chi connectivity index (χ3v) is 8.68. The van der Waals surface area contributed by atoms with E-state index >= 15 is 4.39 Å². The topological polar surface area (TPSA) is 83.4 Å². The molecule has 3 aromatic carbocycles. The van der Waals surface area contributed by atoms with Crippen molar-refractivity contribution in [2.75, 3.05) is 4.90 Å². The van der Waals surface area contributed by atoms with Gasteiger partial charge in [-0.3, -0.25) is 14.5 Å². The van der Waals surface area contributed by atoms with E-state index in [0.29, 0.717) is 26.2 Å². The van der Waals surface area contributed by atoms with Crippen LogP contribution in [0.5, 0.6) is 0 Å². The van der Waals surface area contributed by atoms with Crippen molar-refractivity contribution >= 4 is 57.3 Å². The predicted molar refractivity (Wildman–Crippen MR) is 148 cm³/mol. The Bertz CT molecular complexity index is 1600. The molecule has 0 bridgehead atoms. The third kappa shape index (κ3) is 4.84. The Kier molecular flexibility index (Phi) is 7.34. The number of nitrogens with zero attached hydrogens (tertiary/aromatic N) is 3. The third-order valence-electron chi connectivity index (χ3n) is 6.20. The molecular weight excluding hydrogens is 545 g/mol. The molecule has 4 aromatic rings. The molecule has 6 nitrogen and oxygen atoms in total. The van der Waals surface area contributed by atoms with Gasteiger partial charge in [-0.1, -0.05) is 88.8 Å². The number of benzene rings is 3. The number of thioether (sulfide) groups is 1. The lowest BCUT2D eigenvalue weighted by atomic mass is 9.93. The van der Waals surface area contributed by atoms with E-state index in [0.717, 1.165) is 27.4 Å². The smallest absolute Gasteiger partial charge is 0.301 e. The number of amides is 1. The summed E-state index contributed by atoms with van der Waals surface area (Å²) in [5, 5.41) is 20.4. The number of aromatic nitrogens is 2. The van der Waals surface area contributed by atoms with Gasteiger partial charge in [0, 0.05) is 21.9 Å². The largest absolute Gasteiger partial charge is 0.507 e. The van der Waals surface area contributed by atoms with Gasteiger partial charge in [0.05, 0.1) is 5.57 Å². The van der Waals surface area contributed by atoms with Crippen molar-refractivity contribution in [2.24, 2.45) is 0 Å². The Balaban J connectivity index is 1.58. The van der Waals surface area contributed by atoms with E-state index < -0.39 is 23.5 Å². The van der Waals surface area contributed by atoms with E-state index in [1.54, 1.807) is 25.1 Å². The highest BCUT2D eigenvalue weighted by molar-refractivity contribution is 8.00. The second kappa shape index (κ2) is 10.7. The predicted octanol–water partition coefficient (Wildman–Crippen LogP) is 6.87. The Labute approximate surface area is 231 Å². The molecule has 1 atom stereocenters. The molecule has 1 saturated heterocycles. The minimum absolute atomic E-state index is 0.0685. The molecule has 1 N–H and O–H groups in total. The summed E-state index contributed by atoms with van der Waals surface area (Å²) in [4.78, 5) is 27.8. The number of aliphatic hydroxyl groups excluding tert-OH is 1. The number of aliphatic hydroxyl groups is 1. The molecule has 2 heterocycles. The van der Waals surface area contributed by atoms with Crippen LogP contribution in [0.4, 0.5) is 9.52 Å². The number of halogens is 2. The number of ketones is 1. The standard InChI is InChI=1S/C28H21ClFN3O3S2/c1-15-11-12-16(2)19(13-15)24(34)22-23(18-8-4-6-10-21(18)30)33(26(36)25(22)35)27-31-32-28(38-27)37-14-17-7-3-5-9-20(17)29/h3-13,23,34H,14H2,1-2H3. The van der Waals surface area contributed by atoms with Gasteiger partial charge in [0.25, 0.3) is 5.78 Å². The van der Waals surface area contributed by atoms with Crippen molar-refractivity contribution in [2.45, 2.75) is 30.0 Å². The van der Waals surface area contributed by atoms with Crippen LogP contribution in [0.3, 0.4) is 0 Å². The number of hydrogen-bond donors (Lipinski definition) is 1. The number of aryl methyl sites for hydroxylation is 2. The lowest BCUT2D eigenvalue weighted by Gasteiger charge is -2.23. The lowest BCUT2D eigenvalue weighted by molar-refractivity contribution is -0.132. The van der Waals surface area contributed by atoms with Gasteiger partial charge < -0.3 is 5.11 Å². The minimum atomic E-state index is -1.22.